The SMILES string of the molecule is Cc1ccc2c(c1)[C@]1(C(=O)N2[C@H]2N(c3ccccc3)C(=O)C2(C)C)N(c2ccccc2)C(=O)C1(C)C. The quantitative estimate of drug-likeness (QED) is 0.496. The molecule has 3 aliphatic heterocycles. The maximum atomic E-state index is 14.8. The third-order valence-corrected chi connectivity index (χ3v) is 8.26. The molecule has 0 radical (unpaired) electrons. The number of hydrogen-bond donors (Lipinski definition) is 0. The Morgan fingerprint density at radius 1 is 0.667 bits per heavy atom. The molecule has 6 heteroatoms. The zero-order valence-corrected chi connectivity index (χ0v) is 21.1. The van der Waals surface area contributed by atoms with Crippen LogP contribution in [0, 0.1) is 17.8 Å². The molecular weight excluding hydrogens is 450 g/mol. The van der Waals surface area contributed by atoms with Crippen molar-refractivity contribution >= 4 is 34.8 Å². The third kappa shape index (κ3) is 2.44. The summed E-state index contributed by atoms with van der Waals surface area (Å²) in [5, 5.41) is 0. The van der Waals surface area contributed by atoms with Crippen LogP contribution in [0.25, 0.3) is 0 Å². The monoisotopic (exact) mass is 479 g/mol. The number of fused-ring (bicyclic) bond motifs is 2. The van der Waals surface area contributed by atoms with E-state index in [0.717, 1.165) is 22.5 Å². The fourth-order valence-corrected chi connectivity index (χ4v) is 6.39. The van der Waals surface area contributed by atoms with Crippen LogP contribution in [0.5, 0.6) is 0 Å². The van der Waals surface area contributed by atoms with Gasteiger partial charge >= 0.3 is 0 Å². The Kier molecular flexibility index (Phi) is 4.42. The molecule has 3 aromatic rings. The van der Waals surface area contributed by atoms with E-state index < -0.39 is 22.5 Å². The zero-order valence-electron chi connectivity index (χ0n) is 21.1. The molecule has 2 fully saturated rings. The van der Waals surface area contributed by atoms with Crippen molar-refractivity contribution in [2.45, 2.75) is 46.3 Å². The maximum Gasteiger partial charge on any atom is 0.260 e. The average molecular weight is 480 g/mol. The molecule has 182 valence electrons. The van der Waals surface area contributed by atoms with Crippen molar-refractivity contribution in [3.05, 3.63) is 90.0 Å². The summed E-state index contributed by atoms with van der Waals surface area (Å²) in [6.07, 6.45) is -0.523. The predicted octanol–water partition coefficient (Wildman–Crippen LogP) is 5.01. The molecular formula is C30H29N3O3. The predicted molar refractivity (Wildman–Crippen MR) is 140 cm³/mol. The van der Waals surface area contributed by atoms with E-state index in [4.69, 9.17) is 0 Å². The molecule has 0 aliphatic carbocycles. The molecule has 3 amide bonds. The maximum absolute atomic E-state index is 14.8. The number of carbonyl (C=O) groups is 3. The van der Waals surface area contributed by atoms with Gasteiger partial charge in [0.15, 0.2) is 5.54 Å². The third-order valence-electron chi connectivity index (χ3n) is 8.26. The standard InChI is InChI=1S/C30H29N3O3/c1-19-16-17-23-22(18-19)30(29(4,5)26(35)33(30)21-14-10-7-11-15-21)27(36)32(23)24-28(2,3)25(34)31(24)20-12-8-6-9-13-20/h6-18,24H,1-5H3/t24-,30-/m1/s1. The number of nitrogens with zero attached hydrogens (tertiary/aromatic N) is 3. The minimum absolute atomic E-state index is 0.0371. The highest BCUT2D eigenvalue weighted by Crippen LogP contribution is 2.64. The lowest BCUT2D eigenvalue weighted by Crippen LogP contribution is -2.80. The molecule has 3 aliphatic rings. The number of benzene rings is 3. The van der Waals surface area contributed by atoms with Crippen molar-refractivity contribution in [2.75, 3.05) is 14.7 Å². The van der Waals surface area contributed by atoms with Crippen molar-refractivity contribution < 1.29 is 14.4 Å². The molecule has 0 unspecified atom stereocenters. The number of amides is 3. The molecule has 6 nitrogen and oxygen atoms in total. The first-order valence-electron chi connectivity index (χ1n) is 12.3. The van der Waals surface area contributed by atoms with Crippen molar-refractivity contribution in [3.63, 3.8) is 0 Å². The van der Waals surface area contributed by atoms with Gasteiger partial charge in [-0.3, -0.25) is 29.1 Å². The summed E-state index contributed by atoms with van der Waals surface area (Å²) >= 11 is 0. The van der Waals surface area contributed by atoms with E-state index in [9.17, 15) is 14.4 Å². The smallest absolute Gasteiger partial charge is 0.260 e. The summed E-state index contributed by atoms with van der Waals surface area (Å²) in [7, 11) is 0. The highest BCUT2D eigenvalue weighted by atomic mass is 16.2. The van der Waals surface area contributed by atoms with Gasteiger partial charge in [0.25, 0.3) is 5.91 Å². The highest BCUT2D eigenvalue weighted by Gasteiger charge is 2.77. The lowest BCUT2D eigenvalue weighted by molar-refractivity contribution is -0.154. The second-order valence-electron chi connectivity index (χ2n) is 11.1. The second kappa shape index (κ2) is 7.06. The van der Waals surface area contributed by atoms with Crippen LogP contribution in [0.2, 0.25) is 0 Å². The molecule has 2 saturated heterocycles. The summed E-state index contributed by atoms with van der Waals surface area (Å²) in [5.41, 5.74) is 1.04. The van der Waals surface area contributed by atoms with Crippen molar-refractivity contribution in [1.82, 2.24) is 0 Å². The van der Waals surface area contributed by atoms with Gasteiger partial charge in [-0.2, -0.15) is 0 Å². The minimum Gasteiger partial charge on any atom is -0.291 e. The molecule has 0 saturated carbocycles. The Morgan fingerprint density at radius 2 is 1.25 bits per heavy atom. The molecule has 0 bridgehead atoms. The first-order valence-corrected chi connectivity index (χ1v) is 12.3. The van der Waals surface area contributed by atoms with Crippen LogP contribution in [0.4, 0.5) is 17.1 Å². The van der Waals surface area contributed by atoms with E-state index in [0.29, 0.717) is 5.69 Å². The Hall–Kier alpha value is -3.93. The van der Waals surface area contributed by atoms with Crippen LogP contribution < -0.4 is 14.7 Å². The molecule has 6 rings (SSSR count). The van der Waals surface area contributed by atoms with E-state index in [1.165, 1.54) is 0 Å². The van der Waals surface area contributed by atoms with Gasteiger partial charge in [-0.15, -0.1) is 0 Å². The van der Waals surface area contributed by atoms with E-state index in [2.05, 4.69) is 0 Å². The van der Waals surface area contributed by atoms with Gasteiger partial charge in [-0.25, -0.2) is 0 Å². The Balaban J connectivity index is 1.58. The van der Waals surface area contributed by atoms with Gasteiger partial charge < -0.3 is 0 Å². The van der Waals surface area contributed by atoms with E-state index in [-0.39, 0.29) is 17.7 Å². The zero-order chi connectivity index (χ0) is 25.6. The highest BCUT2D eigenvalue weighted by molar-refractivity contribution is 6.25. The van der Waals surface area contributed by atoms with Gasteiger partial charge in [0.1, 0.15) is 6.17 Å². The summed E-state index contributed by atoms with van der Waals surface area (Å²) < 4.78 is 0. The van der Waals surface area contributed by atoms with Crippen LogP contribution in [0.3, 0.4) is 0 Å². The Morgan fingerprint density at radius 3 is 1.86 bits per heavy atom. The summed E-state index contributed by atoms with van der Waals surface area (Å²) in [4.78, 5) is 46.9. The molecule has 3 aromatic carbocycles. The van der Waals surface area contributed by atoms with E-state index in [1.54, 1.807) is 14.7 Å². The number of aryl methyl sites for hydroxylation is 1. The molecule has 0 aromatic heterocycles. The van der Waals surface area contributed by atoms with Gasteiger partial charge in [0.2, 0.25) is 11.8 Å². The van der Waals surface area contributed by atoms with Gasteiger partial charge in [-0.1, -0.05) is 54.1 Å². The number of rotatable bonds is 3. The average Bonchev–Trinajstić information content (AvgIpc) is 3.12. The van der Waals surface area contributed by atoms with Gasteiger partial charge in [0.05, 0.1) is 16.5 Å². The number of para-hydroxylation sites is 2. The first kappa shape index (κ1) is 22.5. The minimum atomic E-state index is -1.20. The lowest BCUT2D eigenvalue weighted by atomic mass is 9.59. The second-order valence-corrected chi connectivity index (χ2v) is 11.1. The van der Waals surface area contributed by atoms with Crippen molar-refractivity contribution in [3.8, 4) is 0 Å². The van der Waals surface area contributed by atoms with Crippen molar-refractivity contribution in [2.24, 2.45) is 10.8 Å². The van der Waals surface area contributed by atoms with Crippen LogP contribution in [0.15, 0.2) is 78.9 Å². The number of carbonyl (C=O) groups excluding carboxylic acids is 3. The largest absolute Gasteiger partial charge is 0.291 e. The fourth-order valence-electron chi connectivity index (χ4n) is 6.39. The molecule has 0 N–H and O–H groups in total. The van der Waals surface area contributed by atoms with E-state index in [1.807, 2.05) is 113 Å². The first-order chi connectivity index (χ1) is 17.1. The van der Waals surface area contributed by atoms with E-state index >= 15 is 0 Å². The molecule has 36 heavy (non-hydrogen) atoms. The van der Waals surface area contributed by atoms with Crippen molar-refractivity contribution in [1.29, 1.82) is 0 Å². The molecule has 2 atom stereocenters. The lowest BCUT2D eigenvalue weighted by Gasteiger charge is -2.61. The Bertz CT molecular complexity index is 1430. The number of hydrogen-bond acceptors (Lipinski definition) is 3. The number of anilines is 3. The van der Waals surface area contributed by atoms with Gasteiger partial charge in [-0.05, 0) is 65.0 Å². The topological polar surface area (TPSA) is 60.9 Å². The summed E-state index contributed by atoms with van der Waals surface area (Å²) in [5.74, 6) is -0.312. The van der Waals surface area contributed by atoms with Crippen LogP contribution in [-0.4, -0.2) is 23.9 Å². The molecule has 3 heterocycles. The van der Waals surface area contributed by atoms with Crippen LogP contribution in [-0.2, 0) is 19.9 Å². The Labute approximate surface area is 211 Å². The fraction of sp³-hybridized carbons (Fsp3) is 0.300. The molecule has 1 spiro atoms. The summed E-state index contributed by atoms with van der Waals surface area (Å²) in [6, 6.07) is 24.8. The van der Waals surface area contributed by atoms with Crippen LogP contribution in [0.1, 0.15) is 38.8 Å². The van der Waals surface area contributed by atoms with Gasteiger partial charge in [0, 0.05) is 16.9 Å². The van der Waals surface area contributed by atoms with Crippen LogP contribution >= 0.6 is 0 Å². The number of β-lactam (4-membered cyclic amide) rings is 2. The summed E-state index contributed by atoms with van der Waals surface area (Å²) in [6.45, 7) is 9.48. The normalized spacial score (nSPS) is 25.6.